The Morgan fingerprint density at radius 2 is 1.95 bits per heavy atom. The van der Waals surface area contributed by atoms with E-state index in [1.165, 1.54) is 0 Å². The van der Waals surface area contributed by atoms with E-state index >= 15 is 0 Å². The van der Waals surface area contributed by atoms with Crippen LogP contribution in [0, 0.1) is 0 Å². The van der Waals surface area contributed by atoms with Crippen molar-refractivity contribution in [3.8, 4) is 0 Å². The summed E-state index contributed by atoms with van der Waals surface area (Å²) in [5.41, 5.74) is 0.411. The zero-order valence-corrected chi connectivity index (χ0v) is 12.9. The molecule has 3 aliphatic rings. The fraction of sp³-hybridized carbons (Fsp3) is 0.647. The monoisotopic (exact) mass is 306 g/mol. The molecule has 0 aromatic heterocycles. The molecule has 0 amide bonds. The van der Waals surface area contributed by atoms with Crippen molar-refractivity contribution in [2.45, 2.75) is 69.3 Å². The Hall–Kier alpha value is -0.980. The molecule has 2 saturated heterocycles. The van der Waals surface area contributed by atoms with Gasteiger partial charge in [-0.05, 0) is 32.3 Å². The lowest BCUT2D eigenvalue weighted by atomic mass is 9.73. The molecule has 1 spiro atoms. The highest BCUT2D eigenvalue weighted by molar-refractivity contribution is 5.16. The third-order valence-electron chi connectivity index (χ3n) is 4.85. The van der Waals surface area contributed by atoms with Gasteiger partial charge in [0.1, 0.15) is 17.8 Å². The Labute approximate surface area is 130 Å². The first kappa shape index (κ1) is 14.6. The summed E-state index contributed by atoms with van der Waals surface area (Å²) in [5, 5.41) is 10.2. The van der Waals surface area contributed by atoms with E-state index in [1.807, 2.05) is 44.2 Å². The van der Waals surface area contributed by atoms with E-state index in [1.54, 1.807) is 0 Å². The topological polar surface area (TPSA) is 57.2 Å². The van der Waals surface area contributed by atoms with Crippen molar-refractivity contribution in [3.05, 3.63) is 35.9 Å². The van der Waals surface area contributed by atoms with E-state index in [2.05, 4.69) is 0 Å². The van der Waals surface area contributed by atoms with Crippen molar-refractivity contribution < 1.29 is 24.1 Å². The SMILES string of the molecule is CC1(C)OC2O[C@@]3(CC[C@H]3O)C(OCc3ccccc3)[C@@H]2O1. The molecule has 22 heavy (non-hydrogen) atoms. The molecule has 0 bridgehead atoms. The lowest BCUT2D eigenvalue weighted by molar-refractivity contribution is -0.287. The maximum atomic E-state index is 10.2. The van der Waals surface area contributed by atoms with Crippen molar-refractivity contribution >= 4 is 0 Å². The Balaban J connectivity index is 1.53. The van der Waals surface area contributed by atoms with E-state index in [0.717, 1.165) is 18.4 Å². The van der Waals surface area contributed by atoms with Gasteiger partial charge in [-0.1, -0.05) is 30.3 Å². The number of benzene rings is 1. The third kappa shape index (κ3) is 2.20. The van der Waals surface area contributed by atoms with Gasteiger partial charge in [0, 0.05) is 0 Å². The van der Waals surface area contributed by atoms with E-state index in [4.69, 9.17) is 18.9 Å². The zero-order valence-electron chi connectivity index (χ0n) is 12.9. The number of hydrogen-bond donors (Lipinski definition) is 1. The highest BCUT2D eigenvalue weighted by Gasteiger charge is 2.68. The largest absolute Gasteiger partial charge is 0.390 e. The third-order valence-corrected chi connectivity index (χ3v) is 4.85. The maximum absolute atomic E-state index is 10.2. The average Bonchev–Trinajstić information content (AvgIpc) is 2.95. The lowest BCUT2D eigenvalue weighted by Crippen LogP contribution is -2.61. The summed E-state index contributed by atoms with van der Waals surface area (Å²) in [4.78, 5) is 0. The zero-order chi connectivity index (χ0) is 15.4. The summed E-state index contributed by atoms with van der Waals surface area (Å²) in [6, 6.07) is 9.99. The molecule has 4 rings (SSSR count). The summed E-state index contributed by atoms with van der Waals surface area (Å²) in [7, 11) is 0. The first-order valence-corrected chi connectivity index (χ1v) is 7.87. The summed E-state index contributed by atoms with van der Waals surface area (Å²) >= 11 is 0. The quantitative estimate of drug-likeness (QED) is 0.925. The fourth-order valence-electron chi connectivity index (χ4n) is 3.64. The van der Waals surface area contributed by atoms with Gasteiger partial charge in [0.05, 0.1) is 12.7 Å². The minimum Gasteiger partial charge on any atom is -0.390 e. The molecule has 120 valence electrons. The van der Waals surface area contributed by atoms with Crippen molar-refractivity contribution in [3.63, 3.8) is 0 Å². The van der Waals surface area contributed by atoms with Gasteiger partial charge in [0.15, 0.2) is 12.1 Å². The minimum absolute atomic E-state index is 0.298. The highest BCUT2D eigenvalue weighted by Crippen LogP contribution is 2.52. The molecule has 2 aliphatic heterocycles. The Morgan fingerprint density at radius 1 is 1.18 bits per heavy atom. The van der Waals surface area contributed by atoms with Crippen LogP contribution in [-0.2, 0) is 25.6 Å². The average molecular weight is 306 g/mol. The first-order chi connectivity index (χ1) is 10.5. The molecule has 5 atom stereocenters. The second kappa shape index (κ2) is 5.01. The first-order valence-electron chi connectivity index (χ1n) is 7.87. The van der Waals surface area contributed by atoms with Crippen molar-refractivity contribution in [2.75, 3.05) is 0 Å². The molecular weight excluding hydrogens is 284 g/mol. The summed E-state index contributed by atoms with van der Waals surface area (Å²) in [5.74, 6) is -0.681. The number of aliphatic hydroxyl groups is 1. The van der Waals surface area contributed by atoms with Gasteiger partial charge in [-0.3, -0.25) is 0 Å². The van der Waals surface area contributed by atoms with Crippen LogP contribution in [0.5, 0.6) is 0 Å². The molecule has 3 fully saturated rings. The van der Waals surface area contributed by atoms with Gasteiger partial charge in [0.2, 0.25) is 0 Å². The molecule has 1 aromatic rings. The highest BCUT2D eigenvalue weighted by atomic mass is 16.8. The smallest absolute Gasteiger partial charge is 0.190 e. The molecule has 1 aliphatic carbocycles. The Bertz CT molecular complexity index is 545. The van der Waals surface area contributed by atoms with Gasteiger partial charge in [0.25, 0.3) is 0 Å². The van der Waals surface area contributed by atoms with Crippen LogP contribution in [0.25, 0.3) is 0 Å². The molecule has 1 aromatic carbocycles. The van der Waals surface area contributed by atoms with Crippen LogP contribution in [0.2, 0.25) is 0 Å². The molecule has 2 unspecified atom stereocenters. The van der Waals surface area contributed by atoms with Crippen LogP contribution < -0.4 is 0 Å². The van der Waals surface area contributed by atoms with Crippen LogP contribution in [-0.4, -0.2) is 41.1 Å². The van der Waals surface area contributed by atoms with Crippen LogP contribution in [0.1, 0.15) is 32.3 Å². The standard InChI is InChI=1S/C17H22O5/c1-16(2)20-13-14(19-10-11-6-4-3-5-7-11)17(9-8-12(17)18)22-15(13)21-16/h3-7,12-15,18H,8-10H2,1-2H3/t12-,13+,14?,15?,17-/m1/s1. The van der Waals surface area contributed by atoms with Gasteiger partial charge in [-0.15, -0.1) is 0 Å². The van der Waals surface area contributed by atoms with Gasteiger partial charge < -0.3 is 24.1 Å². The van der Waals surface area contributed by atoms with Crippen molar-refractivity contribution in [2.24, 2.45) is 0 Å². The number of hydrogen-bond acceptors (Lipinski definition) is 5. The van der Waals surface area contributed by atoms with Crippen LogP contribution >= 0.6 is 0 Å². The van der Waals surface area contributed by atoms with Crippen molar-refractivity contribution in [1.82, 2.24) is 0 Å². The van der Waals surface area contributed by atoms with Gasteiger partial charge >= 0.3 is 0 Å². The summed E-state index contributed by atoms with van der Waals surface area (Å²) in [6.45, 7) is 4.20. The van der Waals surface area contributed by atoms with Crippen LogP contribution in [0.3, 0.4) is 0 Å². The molecular formula is C17H22O5. The van der Waals surface area contributed by atoms with Gasteiger partial charge in [-0.2, -0.15) is 0 Å². The molecule has 5 heteroatoms. The Kier molecular flexibility index (Phi) is 3.33. The fourth-order valence-corrected chi connectivity index (χ4v) is 3.64. The second-order valence-electron chi connectivity index (χ2n) is 6.81. The summed E-state index contributed by atoms with van der Waals surface area (Å²) in [6.07, 6.45) is -0.0984. The number of aliphatic hydroxyl groups excluding tert-OH is 1. The lowest BCUT2D eigenvalue weighted by Gasteiger charge is -2.47. The molecule has 5 nitrogen and oxygen atoms in total. The predicted octanol–water partition coefficient (Wildman–Crippen LogP) is 1.97. The Morgan fingerprint density at radius 3 is 2.59 bits per heavy atom. The normalized spacial score (nSPS) is 42.3. The van der Waals surface area contributed by atoms with Gasteiger partial charge in [-0.25, -0.2) is 0 Å². The van der Waals surface area contributed by atoms with E-state index in [0.29, 0.717) is 6.61 Å². The van der Waals surface area contributed by atoms with Crippen molar-refractivity contribution in [1.29, 1.82) is 0 Å². The second-order valence-corrected chi connectivity index (χ2v) is 6.81. The molecule has 1 saturated carbocycles. The number of rotatable bonds is 3. The minimum atomic E-state index is -0.681. The predicted molar refractivity (Wildman–Crippen MR) is 77.9 cm³/mol. The maximum Gasteiger partial charge on any atom is 0.190 e. The number of ether oxygens (including phenoxy) is 4. The summed E-state index contributed by atoms with van der Waals surface area (Å²) < 4.78 is 23.9. The van der Waals surface area contributed by atoms with Crippen LogP contribution in [0.4, 0.5) is 0 Å². The van der Waals surface area contributed by atoms with Crippen LogP contribution in [0.15, 0.2) is 30.3 Å². The van der Waals surface area contributed by atoms with E-state index < -0.39 is 23.8 Å². The molecule has 1 N–H and O–H groups in total. The van der Waals surface area contributed by atoms with E-state index in [-0.39, 0.29) is 12.2 Å². The molecule has 2 heterocycles. The molecule has 0 radical (unpaired) electrons. The van der Waals surface area contributed by atoms with E-state index in [9.17, 15) is 5.11 Å². The number of fused-ring (bicyclic) bond motifs is 1.